The van der Waals surface area contributed by atoms with Gasteiger partial charge < -0.3 is 14.5 Å². The lowest BCUT2D eigenvalue weighted by Crippen LogP contribution is -2.47. The van der Waals surface area contributed by atoms with Crippen LogP contribution in [0.25, 0.3) is 0 Å². The molecule has 2 fully saturated rings. The summed E-state index contributed by atoms with van der Waals surface area (Å²) >= 11 is 3.40. The first-order chi connectivity index (χ1) is 10.3. The average molecular weight is 355 g/mol. The Kier molecular flexibility index (Phi) is 4.95. The SMILES string of the molecule is COc1nc(N2CCC(N3CCCCC3)CC2)ncc1Br. The summed E-state index contributed by atoms with van der Waals surface area (Å²) in [5, 5.41) is 0. The Morgan fingerprint density at radius 1 is 1.14 bits per heavy atom. The molecule has 0 aromatic carbocycles. The molecule has 2 aliphatic rings. The van der Waals surface area contributed by atoms with Crippen LogP contribution < -0.4 is 9.64 Å². The minimum absolute atomic E-state index is 0.609. The highest BCUT2D eigenvalue weighted by Gasteiger charge is 2.26. The fourth-order valence-corrected chi connectivity index (χ4v) is 3.71. The van der Waals surface area contributed by atoms with Crippen molar-refractivity contribution in [1.29, 1.82) is 0 Å². The number of anilines is 1. The lowest BCUT2D eigenvalue weighted by Gasteiger charge is -2.40. The third-order valence-corrected chi connectivity index (χ3v) is 5.09. The summed E-state index contributed by atoms with van der Waals surface area (Å²) in [5.74, 6) is 1.39. The van der Waals surface area contributed by atoms with Gasteiger partial charge in [-0.25, -0.2) is 4.98 Å². The van der Waals surface area contributed by atoms with E-state index in [0.29, 0.717) is 5.88 Å². The largest absolute Gasteiger partial charge is 0.480 e. The van der Waals surface area contributed by atoms with Gasteiger partial charge in [-0.3, -0.25) is 0 Å². The maximum absolute atomic E-state index is 5.26. The first-order valence-corrected chi connectivity index (χ1v) is 8.63. The van der Waals surface area contributed by atoms with Gasteiger partial charge in [0, 0.05) is 19.1 Å². The minimum Gasteiger partial charge on any atom is -0.480 e. The molecule has 0 N–H and O–H groups in total. The first kappa shape index (κ1) is 15.0. The van der Waals surface area contributed by atoms with E-state index < -0.39 is 0 Å². The summed E-state index contributed by atoms with van der Waals surface area (Å²) in [5.41, 5.74) is 0. The molecular formula is C15H23BrN4O. The monoisotopic (exact) mass is 354 g/mol. The van der Waals surface area contributed by atoms with E-state index in [1.165, 1.54) is 45.2 Å². The van der Waals surface area contributed by atoms with Crippen LogP contribution in [0.3, 0.4) is 0 Å². The molecule has 3 rings (SSSR count). The van der Waals surface area contributed by atoms with Gasteiger partial charge in [0.25, 0.3) is 0 Å². The highest BCUT2D eigenvalue weighted by Crippen LogP contribution is 2.26. The Hall–Kier alpha value is -0.880. The zero-order valence-corrected chi connectivity index (χ0v) is 14.2. The van der Waals surface area contributed by atoms with Crippen LogP contribution in [0.1, 0.15) is 32.1 Å². The van der Waals surface area contributed by atoms with Gasteiger partial charge in [0.05, 0.1) is 17.8 Å². The molecule has 0 aliphatic carbocycles. The van der Waals surface area contributed by atoms with Crippen molar-refractivity contribution in [2.75, 3.05) is 38.2 Å². The fourth-order valence-electron chi connectivity index (χ4n) is 3.35. The summed E-state index contributed by atoms with van der Waals surface area (Å²) in [6.07, 6.45) is 8.34. The van der Waals surface area contributed by atoms with E-state index >= 15 is 0 Å². The summed E-state index contributed by atoms with van der Waals surface area (Å²) in [4.78, 5) is 13.9. The van der Waals surface area contributed by atoms with Crippen molar-refractivity contribution in [3.05, 3.63) is 10.7 Å². The summed E-state index contributed by atoms with van der Waals surface area (Å²) in [7, 11) is 1.64. The second-order valence-electron chi connectivity index (χ2n) is 5.84. The normalized spacial score (nSPS) is 21.5. The minimum atomic E-state index is 0.609. The molecule has 0 radical (unpaired) electrons. The smallest absolute Gasteiger partial charge is 0.232 e. The Bertz CT molecular complexity index is 471. The van der Waals surface area contributed by atoms with Gasteiger partial charge in [0.1, 0.15) is 0 Å². The van der Waals surface area contributed by atoms with Crippen molar-refractivity contribution in [1.82, 2.24) is 14.9 Å². The van der Waals surface area contributed by atoms with E-state index in [0.717, 1.165) is 29.6 Å². The number of nitrogens with zero attached hydrogens (tertiary/aromatic N) is 4. The van der Waals surface area contributed by atoms with Crippen LogP contribution in [0.15, 0.2) is 10.7 Å². The second kappa shape index (κ2) is 6.92. The Balaban J connectivity index is 1.60. The van der Waals surface area contributed by atoms with Gasteiger partial charge in [-0.05, 0) is 54.7 Å². The molecule has 2 aliphatic heterocycles. The molecule has 116 valence electrons. The molecule has 3 heterocycles. The van der Waals surface area contributed by atoms with Gasteiger partial charge in [0.2, 0.25) is 11.8 Å². The predicted octanol–water partition coefficient (Wildman–Crippen LogP) is 2.70. The molecule has 5 nitrogen and oxygen atoms in total. The molecule has 0 amide bonds. The number of ether oxygens (including phenoxy) is 1. The van der Waals surface area contributed by atoms with Crippen LogP contribution in [-0.2, 0) is 0 Å². The van der Waals surface area contributed by atoms with E-state index in [1.807, 2.05) is 0 Å². The van der Waals surface area contributed by atoms with Gasteiger partial charge >= 0.3 is 0 Å². The molecule has 21 heavy (non-hydrogen) atoms. The molecule has 6 heteroatoms. The Morgan fingerprint density at radius 3 is 2.52 bits per heavy atom. The standard InChI is InChI=1S/C15H23BrN4O/c1-21-14-13(16)11-17-15(18-14)20-9-5-12(6-10-20)19-7-3-2-4-8-19/h11-12H,2-10H2,1H3. The van der Waals surface area contributed by atoms with Crippen molar-refractivity contribution < 1.29 is 4.74 Å². The van der Waals surface area contributed by atoms with Crippen LogP contribution in [0.4, 0.5) is 5.95 Å². The average Bonchev–Trinajstić information content (AvgIpc) is 2.56. The third-order valence-electron chi connectivity index (χ3n) is 4.55. The number of hydrogen-bond acceptors (Lipinski definition) is 5. The molecule has 1 aromatic heterocycles. The molecule has 0 bridgehead atoms. The zero-order chi connectivity index (χ0) is 14.7. The van der Waals surface area contributed by atoms with Crippen LogP contribution in [0, 0.1) is 0 Å². The number of rotatable bonds is 3. The molecule has 2 saturated heterocycles. The van der Waals surface area contributed by atoms with Crippen molar-refractivity contribution >= 4 is 21.9 Å². The fraction of sp³-hybridized carbons (Fsp3) is 0.733. The molecule has 1 aromatic rings. The maximum atomic E-state index is 5.26. The Labute approximate surface area is 134 Å². The number of aromatic nitrogens is 2. The van der Waals surface area contributed by atoms with Crippen molar-refractivity contribution in [2.24, 2.45) is 0 Å². The predicted molar refractivity (Wildman–Crippen MR) is 86.9 cm³/mol. The lowest BCUT2D eigenvalue weighted by atomic mass is 10.0. The van der Waals surface area contributed by atoms with E-state index in [-0.39, 0.29) is 0 Å². The van der Waals surface area contributed by atoms with Crippen LogP contribution in [-0.4, -0.2) is 54.2 Å². The molecule has 0 saturated carbocycles. The maximum Gasteiger partial charge on any atom is 0.232 e. The summed E-state index contributed by atoms with van der Waals surface area (Å²) in [6.45, 7) is 4.64. The van der Waals surface area contributed by atoms with E-state index in [1.54, 1.807) is 13.3 Å². The van der Waals surface area contributed by atoms with Crippen molar-refractivity contribution in [3.63, 3.8) is 0 Å². The van der Waals surface area contributed by atoms with Crippen LogP contribution in [0.5, 0.6) is 5.88 Å². The van der Waals surface area contributed by atoms with Crippen LogP contribution in [0.2, 0.25) is 0 Å². The van der Waals surface area contributed by atoms with Gasteiger partial charge in [0.15, 0.2) is 0 Å². The van der Waals surface area contributed by atoms with E-state index in [2.05, 4.69) is 35.7 Å². The molecule has 0 unspecified atom stereocenters. The molecular weight excluding hydrogens is 332 g/mol. The molecule has 0 spiro atoms. The number of methoxy groups -OCH3 is 1. The highest BCUT2D eigenvalue weighted by molar-refractivity contribution is 9.10. The topological polar surface area (TPSA) is 41.5 Å². The van der Waals surface area contributed by atoms with E-state index in [9.17, 15) is 0 Å². The Morgan fingerprint density at radius 2 is 1.86 bits per heavy atom. The number of likely N-dealkylation sites (tertiary alicyclic amines) is 1. The van der Waals surface area contributed by atoms with E-state index in [4.69, 9.17) is 4.74 Å². The summed E-state index contributed by atoms with van der Waals surface area (Å²) in [6, 6.07) is 0.749. The summed E-state index contributed by atoms with van der Waals surface area (Å²) < 4.78 is 6.06. The molecule has 0 atom stereocenters. The number of hydrogen-bond donors (Lipinski definition) is 0. The zero-order valence-electron chi connectivity index (χ0n) is 12.6. The lowest BCUT2D eigenvalue weighted by molar-refractivity contribution is 0.141. The van der Waals surface area contributed by atoms with Crippen LogP contribution >= 0.6 is 15.9 Å². The van der Waals surface area contributed by atoms with Crippen molar-refractivity contribution in [2.45, 2.75) is 38.1 Å². The van der Waals surface area contributed by atoms with Gasteiger partial charge in [-0.15, -0.1) is 0 Å². The third kappa shape index (κ3) is 3.48. The highest BCUT2D eigenvalue weighted by atomic mass is 79.9. The first-order valence-electron chi connectivity index (χ1n) is 7.83. The second-order valence-corrected chi connectivity index (χ2v) is 6.70. The van der Waals surface area contributed by atoms with Gasteiger partial charge in [-0.2, -0.15) is 4.98 Å². The van der Waals surface area contributed by atoms with Gasteiger partial charge in [-0.1, -0.05) is 6.42 Å². The quantitative estimate of drug-likeness (QED) is 0.834. The van der Waals surface area contributed by atoms with Crippen molar-refractivity contribution in [3.8, 4) is 5.88 Å². The number of halogens is 1. The number of piperidine rings is 2.